The van der Waals surface area contributed by atoms with Crippen molar-refractivity contribution < 1.29 is 4.79 Å². The second-order valence-electron chi connectivity index (χ2n) is 7.98. The first kappa shape index (κ1) is 18.9. The van der Waals surface area contributed by atoms with Gasteiger partial charge < -0.3 is 5.32 Å². The zero-order valence-corrected chi connectivity index (χ0v) is 17.0. The number of nitrogens with one attached hydrogen (secondary N) is 1. The topological polar surface area (TPSA) is 135 Å². The molecule has 0 bridgehead atoms. The number of aromatic nitrogens is 7. The number of nitrogens with zero attached hydrogens (tertiary/aromatic N) is 8. The summed E-state index contributed by atoms with van der Waals surface area (Å²) in [6, 6.07) is 5.35. The van der Waals surface area contributed by atoms with Gasteiger partial charge in [0.2, 0.25) is 5.91 Å². The first-order chi connectivity index (χ1) is 14.9. The molecule has 1 N–H and O–H groups in total. The molecular weight excluding hydrogens is 398 g/mol. The van der Waals surface area contributed by atoms with E-state index in [-0.39, 0.29) is 23.6 Å². The van der Waals surface area contributed by atoms with Crippen molar-refractivity contribution in [3.63, 3.8) is 0 Å². The van der Waals surface area contributed by atoms with Crippen LogP contribution in [0.5, 0.6) is 0 Å². The average Bonchev–Trinajstić information content (AvgIpc) is 3.30. The van der Waals surface area contributed by atoms with Gasteiger partial charge in [0.25, 0.3) is 5.56 Å². The van der Waals surface area contributed by atoms with Crippen molar-refractivity contribution >= 4 is 22.8 Å². The Morgan fingerprint density at radius 2 is 2.13 bits per heavy atom. The number of amides is 1. The molecule has 0 aromatic carbocycles. The lowest BCUT2D eigenvalue weighted by molar-refractivity contribution is -0.117. The summed E-state index contributed by atoms with van der Waals surface area (Å²) in [5.41, 5.74) is 2.03. The molecule has 1 fully saturated rings. The number of carbonyl (C=O) groups is 1. The molecule has 0 spiro atoms. The highest BCUT2D eigenvalue weighted by Gasteiger charge is 2.28. The zero-order chi connectivity index (χ0) is 21.7. The Hall–Kier alpha value is -4.07. The fourth-order valence-electron chi connectivity index (χ4n) is 3.54. The zero-order valence-electron chi connectivity index (χ0n) is 17.0. The summed E-state index contributed by atoms with van der Waals surface area (Å²) >= 11 is 0. The van der Waals surface area contributed by atoms with Crippen LogP contribution in [0.4, 0.5) is 5.69 Å². The second-order valence-corrected chi connectivity index (χ2v) is 7.98. The van der Waals surface area contributed by atoms with Gasteiger partial charge in [-0.1, -0.05) is 13.8 Å². The van der Waals surface area contributed by atoms with Crippen LogP contribution in [-0.4, -0.2) is 39.9 Å². The maximum absolute atomic E-state index is 13.0. The van der Waals surface area contributed by atoms with Crippen LogP contribution in [0, 0.1) is 11.3 Å². The van der Waals surface area contributed by atoms with E-state index < -0.39 is 5.91 Å². The van der Waals surface area contributed by atoms with E-state index in [2.05, 4.69) is 25.7 Å². The predicted octanol–water partition coefficient (Wildman–Crippen LogP) is 1.44. The first-order valence-electron chi connectivity index (χ1n) is 9.98. The molecule has 0 saturated heterocycles. The molecular formula is C20H19N9O2. The van der Waals surface area contributed by atoms with E-state index in [4.69, 9.17) is 0 Å². The number of fused-ring (bicyclic) bond motifs is 2. The normalized spacial score (nSPS) is 13.7. The van der Waals surface area contributed by atoms with Gasteiger partial charge in [0.05, 0.1) is 16.9 Å². The van der Waals surface area contributed by atoms with Crippen LogP contribution in [0.2, 0.25) is 0 Å². The molecule has 4 aromatic rings. The fraction of sp³-hybridized carbons (Fsp3) is 0.350. The molecule has 1 amide bonds. The van der Waals surface area contributed by atoms with Gasteiger partial charge in [0.15, 0.2) is 11.5 Å². The van der Waals surface area contributed by atoms with Gasteiger partial charge in [-0.15, -0.1) is 10.2 Å². The molecule has 1 saturated carbocycles. The molecule has 156 valence electrons. The highest BCUT2D eigenvalue weighted by Crippen LogP contribution is 2.39. The Bertz CT molecular complexity index is 1430. The van der Waals surface area contributed by atoms with Crippen LogP contribution >= 0.6 is 0 Å². The highest BCUT2D eigenvalue weighted by atomic mass is 16.2. The van der Waals surface area contributed by atoms with Crippen molar-refractivity contribution in [2.75, 3.05) is 5.32 Å². The second kappa shape index (κ2) is 7.02. The molecule has 1 aliphatic carbocycles. The van der Waals surface area contributed by atoms with Crippen LogP contribution in [0.15, 0.2) is 29.5 Å². The van der Waals surface area contributed by atoms with E-state index in [1.807, 2.05) is 19.9 Å². The third kappa shape index (κ3) is 3.31. The molecule has 0 unspecified atom stereocenters. The smallest absolute Gasteiger partial charge is 0.293 e. The van der Waals surface area contributed by atoms with Gasteiger partial charge in [-0.3, -0.25) is 14.0 Å². The van der Waals surface area contributed by atoms with Gasteiger partial charge >= 0.3 is 0 Å². The molecule has 0 atom stereocenters. The van der Waals surface area contributed by atoms with Gasteiger partial charge in [-0.25, -0.2) is 9.20 Å². The molecule has 11 heteroatoms. The minimum Gasteiger partial charge on any atom is -0.323 e. The largest absolute Gasteiger partial charge is 0.323 e. The number of carbonyl (C=O) groups excluding carboxylic acids is 1. The van der Waals surface area contributed by atoms with Gasteiger partial charge in [-0.2, -0.15) is 15.5 Å². The maximum Gasteiger partial charge on any atom is 0.293 e. The minimum absolute atomic E-state index is 0.0127. The van der Waals surface area contributed by atoms with E-state index in [0.29, 0.717) is 28.6 Å². The molecule has 0 radical (unpaired) electrons. The van der Waals surface area contributed by atoms with Crippen molar-refractivity contribution in [3.8, 4) is 6.07 Å². The van der Waals surface area contributed by atoms with E-state index in [1.54, 1.807) is 21.2 Å². The van der Waals surface area contributed by atoms with Crippen molar-refractivity contribution in [1.29, 1.82) is 5.26 Å². The third-order valence-corrected chi connectivity index (χ3v) is 5.22. The summed E-state index contributed by atoms with van der Waals surface area (Å²) in [6.45, 7) is 3.67. The monoisotopic (exact) mass is 417 g/mol. The standard InChI is InChI=1S/C20H19N9O2/c1-11(2)18-26-28(20(31)16-6-15(12-3-4-12)25-29(16)18)9-17(30)23-14-5-13(7-21)19-24-22-10-27(19)8-14/h5-6,8,10-12H,3-4,9H2,1-2H3,(H,23,30). The highest BCUT2D eigenvalue weighted by molar-refractivity contribution is 5.90. The van der Waals surface area contributed by atoms with Crippen LogP contribution in [0.1, 0.15) is 55.6 Å². The summed E-state index contributed by atoms with van der Waals surface area (Å²) < 4.78 is 4.32. The summed E-state index contributed by atoms with van der Waals surface area (Å²) in [4.78, 5) is 25.7. The summed E-state index contributed by atoms with van der Waals surface area (Å²) in [5.74, 6) is 0.593. The summed E-state index contributed by atoms with van der Waals surface area (Å²) in [6.07, 6.45) is 5.20. The number of pyridine rings is 1. The molecule has 1 aliphatic rings. The molecule has 4 aromatic heterocycles. The Labute approximate surface area is 175 Å². The van der Waals surface area contributed by atoms with Crippen LogP contribution in [0.3, 0.4) is 0 Å². The van der Waals surface area contributed by atoms with Crippen molar-refractivity contribution in [1.82, 2.24) is 34.0 Å². The Morgan fingerprint density at radius 3 is 2.84 bits per heavy atom. The lowest BCUT2D eigenvalue weighted by atomic mass is 10.2. The van der Waals surface area contributed by atoms with Crippen LogP contribution in [-0.2, 0) is 11.3 Å². The van der Waals surface area contributed by atoms with Crippen molar-refractivity contribution in [3.05, 3.63) is 52.1 Å². The quantitative estimate of drug-likeness (QED) is 0.519. The number of hydrogen-bond acceptors (Lipinski definition) is 7. The van der Waals surface area contributed by atoms with Gasteiger partial charge in [-0.05, 0) is 25.0 Å². The van der Waals surface area contributed by atoms with E-state index >= 15 is 0 Å². The third-order valence-electron chi connectivity index (χ3n) is 5.22. The molecule has 5 rings (SSSR count). The fourth-order valence-corrected chi connectivity index (χ4v) is 3.54. The molecule has 11 nitrogen and oxygen atoms in total. The van der Waals surface area contributed by atoms with Crippen molar-refractivity contribution in [2.45, 2.75) is 45.1 Å². The minimum atomic E-state index is -0.438. The molecule has 0 aliphatic heterocycles. The molecule has 4 heterocycles. The first-order valence-corrected chi connectivity index (χ1v) is 9.98. The lowest BCUT2D eigenvalue weighted by Gasteiger charge is -2.12. The Morgan fingerprint density at radius 1 is 1.32 bits per heavy atom. The predicted molar refractivity (Wildman–Crippen MR) is 110 cm³/mol. The van der Waals surface area contributed by atoms with Crippen LogP contribution in [0.25, 0.3) is 11.2 Å². The summed E-state index contributed by atoms with van der Waals surface area (Å²) in [5, 5.41) is 28.7. The number of anilines is 1. The van der Waals surface area contributed by atoms with E-state index in [0.717, 1.165) is 18.5 Å². The average molecular weight is 417 g/mol. The lowest BCUT2D eigenvalue weighted by Crippen LogP contribution is -2.32. The molecule has 31 heavy (non-hydrogen) atoms. The Balaban J connectivity index is 1.47. The van der Waals surface area contributed by atoms with Crippen molar-refractivity contribution in [2.24, 2.45) is 0 Å². The van der Waals surface area contributed by atoms with E-state index in [1.165, 1.54) is 17.1 Å². The number of rotatable bonds is 5. The Kier molecular flexibility index (Phi) is 4.28. The van der Waals surface area contributed by atoms with Gasteiger partial charge in [0.1, 0.15) is 24.5 Å². The van der Waals surface area contributed by atoms with E-state index in [9.17, 15) is 14.9 Å². The SMILES string of the molecule is CC(C)c1nn(CC(=O)Nc2cc(C#N)c3nncn3c2)c(=O)c2cc(C3CC3)nn12. The number of nitriles is 1. The maximum atomic E-state index is 13.0. The summed E-state index contributed by atoms with van der Waals surface area (Å²) in [7, 11) is 0. The van der Waals surface area contributed by atoms with Gasteiger partial charge in [0, 0.05) is 18.0 Å². The number of hydrogen-bond donors (Lipinski definition) is 1. The van der Waals surface area contributed by atoms with Crippen LogP contribution < -0.4 is 10.9 Å².